The van der Waals surface area contributed by atoms with E-state index in [9.17, 15) is 20.1 Å². The molecule has 1 saturated heterocycles. The molecule has 5 N–H and O–H groups in total. The van der Waals surface area contributed by atoms with Crippen LogP contribution in [-0.4, -0.2) is 62.1 Å². The number of carboxylic acids is 1. The second kappa shape index (κ2) is 5.58. The summed E-state index contributed by atoms with van der Waals surface area (Å²) in [6.45, 7) is 0. The summed E-state index contributed by atoms with van der Waals surface area (Å²) in [6, 6.07) is 7.21. The molecule has 2 heterocycles. The number of aliphatic hydroxyl groups is 3. The van der Waals surface area contributed by atoms with Gasteiger partial charge in [0.15, 0.2) is 6.10 Å². The number of carboxylic acid groups (broad SMARTS) is 1. The second-order valence-electron chi connectivity index (χ2n) is 5.05. The van der Waals surface area contributed by atoms with Gasteiger partial charge in [0.25, 0.3) is 0 Å². The van der Waals surface area contributed by atoms with Crippen LogP contribution in [0.3, 0.4) is 0 Å². The summed E-state index contributed by atoms with van der Waals surface area (Å²) < 4.78 is 10.6. The Morgan fingerprint density at radius 3 is 2.59 bits per heavy atom. The topological polar surface area (TPSA) is 132 Å². The van der Waals surface area contributed by atoms with Crippen LogP contribution in [0.1, 0.15) is 0 Å². The lowest BCUT2D eigenvalue weighted by Crippen LogP contribution is -2.61. The highest BCUT2D eigenvalue weighted by molar-refractivity contribution is 5.85. The van der Waals surface area contributed by atoms with Crippen LogP contribution in [0.4, 0.5) is 0 Å². The molecular weight excluding hydrogens is 294 g/mol. The van der Waals surface area contributed by atoms with Crippen molar-refractivity contribution in [3.63, 3.8) is 0 Å². The van der Waals surface area contributed by atoms with E-state index in [2.05, 4.69) is 4.98 Å². The quantitative estimate of drug-likeness (QED) is 0.513. The Hall–Kier alpha value is -2.13. The van der Waals surface area contributed by atoms with E-state index in [4.69, 9.17) is 14.6 Å². The zero-order valence-corrected chi connectivity index (χ0v) is 11.3. The molecule has 1 aromatic carbocycles. The minimum Gasteiger partial charge on any atom is -0.479 e. The third-order valence-electron chi connectivity index (χ3n) is 3.61. The van der Waals surface area contributed by atoms with Crippen LogP contribution in [0.5, 0.6) is 5.75 Å². The molecule has 0 bridgehead atoms. The zero-order chi connectivity index (χ0) is 15.9. The molecule has 0 aliphatic carbocycles. The van der Waals surface area contributed by atoms with Crippen molar-refractivity contribution in [2.24, 2.45) is 0 Å². The Kier molecular flexibility index (Phi) is 3.75. The number of hydrogen-bond acceptors (Lipinski definition) is 6. The minimum absolute atomic E-state index is 0.340. The number of rotatable bonds is 3. The smallest absolute Gasteiger partial charge is 0.335 e. The Morgan fingerprint density at radius 1 is 1.14 bits per heavy atom. The summed E-state index contributed by atoms with van der Waals surface area (Å²) in [5.41, 5.74) is 0.790. The van der Waals surface area contributed by atoms with Gasteiger partial charge in [0.05, 0.1) is 0 Å². The largest absolute Gasteiger partial charge is 0.479 e. The molecule has 22 heavy (non-hydrogen) atoms. The molecule has 1 aromatic heterocycles. The molecule has 0 amide bonds. The van der Waals surface area contributed by atoms with Gasteiger partial charge < -0.3 is 34.9 Å². The minimum atomic E-state index is -1.74. The number of aromatic nitrogens is 1. The number of ether oxygens (including phenoxy) is 2. The van der Waals surface area contributed by atoms with Crippen LogP contribution in [0.15, 0.2) is 30.5 Å². The zero-order valence-electron chi connectivity index (χ0n) is 11.3. The number of hydrogen-bond donors (Lipinski definition) is 5. The average Bonchev–Trinajstić information content (AvgIpc) is 2.91. The molecule has 1 fully saturated rings. The van der Waals surface area contributed by atoms with Crippen molar-refractivity contribution in [3.05, 3.63) is 30.5 Å². The van der Waals surface area contributed by atoms with Crippen molar-refractivity contribution in [1.82, 2.24) is 4.98 Å². The van der Waals surface area contributed by atoms with Crippen LogP contribution >= 0.6 is 0 Å². The molecule has 0 saturated carbocycles. The molecule has 0 spiro atoms. The maximum absolute atomic E-state index is 11.0. The SMILES string of the molecule is O=C(O)C1O[C@@H](Oc2c[nH]c3ccccc23)C(O)[C@H](O)[C@@H]1O. The second-order valence-corrected chi connectivity index (χ2v) is 5.05. The van der Waals surface area contributed by atoms with Crippen LogP contribution in [0, 0.1) is 0 Å². The number of nitrogens with one attached hydrogen (secondary N) is 1. The predicted molar refractivity (Wildman–Crippen MR) is 73.2 cm³/mol. The first-order valence-corrected chi connectivity index (χ1v) is 6.64. The maximum Gasteiger partial charge on any atom is 0.335 e. The van der Waals surface area contributed by atoms with Gasteiger partial charge in [-0.1, -0.05) is 12.1 Å². The van der Waals surface area contributed by atoms with E-state index in [0.29, 0.717) is 11.1 Å². The Bertz CT molecular complexity index is 685. The van der Waals surface area contributed by atoms with E-state index in [0.717, 1.165) is 5.52 Å². The number of aliphatic carboxylic acids is 1. The van der Waals surface area contributed by atoms with E-state index < -0.39 is 36.7 Å². The van der Waals surface area contributed by atoms with Gasteiger partial charge in [0.1, 0.15) is 24.1 Å². The third kappa shape index (κ3) is 2.42. The Labute approximate surface area is 124 Å². The van der Waals surface area contributed by atoms with Gasteiger partial charge in [-0.25, -0.2) is 4.79 Å². The lowest BCUT2D eigenvalue weighted by atomic mass is 9.99. The number of fused-ring (bicyclic) bond motifs is 1. The summed E-state index contributed by atoms with van der Waals surface area (Å²) in [5.74, 6) is -1.11. The average molecular weight is 309 g/mol. The lowest BCUT2D eigenvalue weighted by Gasteiger charge is -2.38. The molecule has 1 aliphatic rings. The summed E-state index contributed by atoms with van der Waals surface area (Å²) in [6.07, 6.45) is -6.58. The lowest BCUT2D eigenvalue weighted by molar-refractivity contribution is -0.270. The molecular formula is C14H15NO7. The normalized spacial score (nSPS) is 32.0. The standard InChI is InChI=1S/C14H15NO7/c16-9-10(17)12(13(19)20)22-14(11(9)18)21-8-5-15-7-4-2-1-3-6(7)8/h1-5,9-12,14-18H,(H,19,20)/t9-,10+,11?,12?,14-/m1/s1. The third-order valence-corrected chi connectivity index (χ3v) is 3.61. The molecule has 2 unspecified atom stereocenters. The first kappa shape index (κ1) is 14.8. The van der Waals surface area contributed by atoms with Crippen LogP contribution < -0.4 is 4.74 Å². The van der Waals surface area contributed by atoms with Gasteiger partial charge in [-0.15, -0.1) is 0 Å². The molecule has 2 aromatic rings. The monoisotopic (exact) mass is 309 g/mol. The number of para-hydroxylation sites is 1. The molecule has 8 heteroatoms. The van der Waals surface area contributed by atoms with E-state index in [1.807, 2.05) is 12.1 Å². The maximum atomic E-state index is 11.0. The molecule has 8 nitrogen and oxygen atoms in total. The van der Waals surface area contributed by atoms with Gasteiger partial charge in [-0.3, -0.25) is 0 Å². The van der Waals surface area contributed by atoms with E-state index in [-0.39, 0.29) is 0 Å². The predicted octanol–water partition coefficient (Wildman–Crippen LogP) is -0.561. The molecule has 0 radical (unpaired) electrons. The van der Waals surface area contributed by atoms with Crippen LogP contribution in [0.2, 0.25) is 0 Å². The van der Waals surface area contributed by atoms with Gasteiger partial charge >= 0.3 is 5.97 Å². The fourth-order valence-corrected chi connectivity index (χ4v) is 2.42. The molecule has 3 rings (SSSR count). The summed E-state index contributed by atoms with van der Waals surface area (Å²) in [7, 11) is 0. The summed E-state index contributed by atoms with van der Waals surface area (Å²) in [5, 5.41) is 39.0. The van der Waals surface area contributed by atoms with Crippen molar-refractivity contribution in [2.75, 3.05) is 0 Å². The Balaban J connectivity index is 1.85. The van der Waals surface area contributed by atoms with Crippen molar-refractivity contribution in [1.29, 1.82) is 0 Å². The highest BCUT2D eigenvalue weighted by atomic mass is 16.7. The molecule has 118 valence electrons. The molecule has 1 aliphatic heterocycles. The number of H-pyrrole nitrogens is 1. The first-order chi connectivity index (χ1) is 10.5. The molecule has 5 atom stereocenters. The number of aliphatic hydroxyl groups excluding tert-OH is 3. The van der Waals surface area contributed by atoms with Gasteiger partial charge in [-0.2, -0.15) is 0 Å². The number of benzene rings is 1. The van der Waals surface area contributed by atoms with Gasteiger partial charge in [0, 0.05) is 17.1 Å². The van der Waals surface area contributed by atoms with Gasteiger partial charge in [0.2, 0.25) is 6.29 Å². The van der Waals surface area contributed by atoms with Crippen molar-refractivity contribution < 1.29 is 34.7 Å². The first-order valence-electron chi connectivity index (χ1n) is 6.64. The highest BCUT2D eigenvalue weighted by Crippen LogP contribution is 2.29. The van der Waals surface area contributed by atoms with Crippen molar-refractivity contribution in [2.45, 2.75) is 30.7 Å². The number of aromatic amines is 1. The van der Waals surface area contributed by atoms with Crippen molar-refractivity contribution >= 4 is 16.9 Å². The van der Waals surface area contributed by atoms with Crippen molar-refractivity contribution in [3.8, 4) is 5.75 Å². The van der Waals surface area contributed by atoms with E-state index >= 15 is 0 Å². The Morgan fingerprint density at radius 2 is 1.86 bits per heavy atom. The fourth-order valence-electron chi connectivity index (χ4n) is 2.42. The van der Waals surface area contributed by atoms with E-state index in [1.54, 1.807) is 12.1 Å². The summed E-state index contributed by atoms with van der Waals surface area (Å²) in [4.78, 5) is 14.0. The van der Waals surface area contributed by atoms with Crippen LogP contribution in [-0.2, 0) is 9.53 Å². The van der Waals surface area contributed by atoms with Gasteiger partial charge in [-0.05, 0) is 12.1 Å². The van der Waals surface area contributed by atoms with E-state index in [1.165, 1.54) is 6.20 Å². The van der Waals surface area contributed by atoms with Crippen LogP contribution in [0.25, 0.3) is 10.9 Å². The summed E-state index contributed by atoms with van der Waals surface area (Å²) >= 11 is 0. The fraction of sp³-hybridized carbons (Fsp3) is 0.357. The highest BCUT2D eigenvalue weighted by Gasteiger charge is 2.48. The number of carbonyl (C=O) groups is 1.